The smallest absolute Gasteiger partial charge is 0.115 e. The molecule has 1 heterocycles. The lowest BCUT2D eigenvalue weighted by molar-refractivity contribution is 0.0311. The molecule has 17 heavy (non-hydrogen) atoms. The van der Waals surface area contributed by atoms with Crippen molar-refractivity contribution in [2.24, 2.45) is 0 Å². The number of aliphatic hydroxyl groups excluding tert-OH is 1. The van der Waals surface area contributed by atoms with Crippen LogP contribution in [0.3, 0.4) is 0 Å². The van der Waals surface area contributed by atoms with Gasteiger partial charge in [0.2, 0.25) is 0 Å². The third-order valence-corrected chi connectivity index (χ3v) is 3.61. The highest BCUT2D eigenvalue weighted by Crippen LogP contribution is 2.29. The molecule has 3 N–H and O–H groups in total. The molecular weight excluding hydrogens is 216 g/mol. The van der Waals surface area contributed by atoms with Crippen LogP contribution in [-0.4, -0.2) is 47.9 Å². The number of hydrogen-bond acceptors (Lipinski definition) is 4. The van der Waals surface area contributed by atoms with Gasteiger partial charge in [0, 0.05) is 26.2 Å². The summed E-state index contributed by atoms with van der Waals surface area (Å²) in [5, 5.41) is 22.4. The van der Waals surface area contributed by atoms with Gasteiger partial charge in [-0.15, -0.1) is 0 Å². The first-order valence-electron chi connectivity index (χ1n) is 6.03. The summed E-state index contributed by atoms with van der Waals surface area (Å²) in [4.78, 5) is 2.29. The standard InChI is InChI=1S/C13H20N2O2/c1-13(10-16,15-8-6-14-7-9-15)11-2-4-12(17)5-3-11/h2-5,14,16-17H,6-10H2,1H3. The molecule has 1 unspecified atom stereocenters. The Morgan fingerprint density at radius 2 is 1.82 bits per heavy atom. The maximum atomic E-state index is 9.74. The highest BCUT2D eigenvalue weighted by atomic mass is 16.3. The number of aromatic hydroxyl groups is 1. The predicted molar refractivity (Wildman–Crippen MR) is 67.0 cm³/mol. The molecule has 1 fully saturated rings. The Morgan fingerprint density at radius 1 is 1.24 bits per heavy atom. The van der Waals surface area contributed by atoms with Gasteiger partial charge in [-0.2, -0.15) is 0 Å². The lowest BCUT2D eigenvalue weighted by Gasteiger charge is -2.42. The quantitative estimate of drug-likeness (QED) is 0.715. The van der Waals surface area contributed by atoms with E-state index in [4.69, 9.17) is 0 Å². The van der Waals surface area contributed by atoms with E-state index >= 15 is 0 Å². The van der Waals surface area contributed by atoms with E-state index < -0.39 is 0 Å². The summed E-state index contributed by atoms with van der Waals surface area (Å²) in [7, 11) is 0. The lowest BCUT2D eigenvalue weighted by Crippen LogP contribution is -2.54. The van der Waals surface area contributed by atoms with Crippen LogP contribution < -0.4 is 5.32 Å². The van der Waals surface area contributed by atoms with Crippen LogP contribution in [0, 0.1) is 0 Å². The Labute approximate surface area is 102 Å². The van der Waals surface area contributed by atoms with Crippen LogP contribution in [-0.2, 0) is 5.54 Å². The van der Waals surface area contributed by atoms with E-state index in [1.54, 1.807) is 12.1 Å². The molecule has 1 saturated heterocycles. The van der Waals surface area contributed by atoms with Crippen LogP contribution in [0.1, 0.15) is 12.5 Å². The summed E-state index contributed by atoms with van der Waals surface area (Å²) >= 11 is 0. The van der Waals surface area contributed by atoms with Gasteiger partial charge in [0.1, 0.15) is 5.75 Å². The van der Waals surface area contributed by atoms with Crippen LogP contribution in [0.25, 0.3) is 0 Å². The Morgan fingerprint density at radius 3 is 2.35 bits per heavy atom. The summed E-state index contributed by atoms with van der Waals surface area (Å²) < 4.78 is 0. The topological polar surface area (TPSA) is 55.7 Å². The minimum atomic E-state index is -0.365. The highest BCUT2D eigenvalue weighted by Gasteiger charge is 2.33. The average Bonchev–Trinajstić information content (AvgIpc) is 2.40. The van der Waals surface area contributed by atoms with Crippen molar-refractivity contribution in [3.63, 3.8) is 0 Å². The minimum absolute atomic E-state index is 0.0811. The summed E-state index contributed by atoms with van der Waals surface area (Å²) in [6.07, 6.45) is 0. The van der Waals surface area contributed by atoms with Gasteiger partial charge in [-0.1, -0.05) is 12.1 Å². The van der Waals surface area contributed by atoms with Gasteiger partial charge in [-0.3, -0.25) is 4.90 Å². The van der Waals surface area contributed by atoms with E-state index in [0.717, 1.165) is 31.7 Å². The maximum absolute atomic E-state index is 9.74. The molecule has 2 rings (SSSR count). The van der Waals surface area contributed by atoms with Crippen LogP contribution in [0.15, 0.2) is 24.3 Å². The summed E-state index contributed by atoms with van der Waals surface area (Å²) in [5.74, 6) is 0.259. The molecule has 0 radical (unpaired) electrons. The van der Waals surface area contributed by atoms with Crippen molar-refractivity contribution < 1.29 is 10.2 Å². The second-order valence-electron chi connectivity index (χ2n) is 4.72. The Bertz CT molecular complexity index is 360. The number of nitrogens with one attached hydrogen (secondary N) is 1. The third kappa shape index (κ3) is 2.44. The molecule has 0 spiro atoms. The van der Waals surface area contributed by atoms with Gasteiger partial charge in [-0.25, -0.2) is 0 Å². The number of hydrogen-bond donors (Lipinski definition) is 3. The van der Waals surface area contributed by atoms with Crippen molar-refractivity contribution in [1.29, 1.82) is 0 Å². The van der Waals surface area contributed by atoms with Crippen LogP contribution >= 0.6 is 0 Å². The molecule has 1 aliphatic rings. The summed E-state index contributed by atoms with van der Waals surface area (Å²) in [6, 6.07) is 7.11. The van der Waals surface area contributed by atoms with Crippen molar-refractivity contribution >= 4 is 0 Å². The molecular formula is C13H20N2O2. The van der Waals surface area contributed by atoms with E-state index in [0.29, 0.717) is 0 Å². The third-order valence-electron chi connectivity index (χ3n) is 3.61. The van der Waals surface area contributed by atoms with Crippen LogP contribution in [0.2, 0.25) is 0 Å². The molecule has 0 aliphatic carbocycles. The lowest BCUT2D eigenvalue weighted by atomic mass is 9.90. The van der Waals surface area contributed by atoms with Gasteiger partial charge < -0.3 is 15.5 Å². The molecule has 4 nitrogen and oxygen atoms in total. The average molecular weight is 236 g/mol. The van der Waals surface area contributed by atoms with Gasteiger partial charge >= 0.3 is 0 Å². The van der Waals surface area contributed by atoms with Gasteiger partial charge in [0.25, 0.3) is 0 Å². The zero-order chi connectivity index (χ0) is 12.3. The molecule has 1 aromatic carbocycles. The van der Waals surface area contributed by atoms with Crippen molar-refractivity contribution in [3.05, 3.63) is 29.8 Å². The molecule has 94 valence electrons. The number of piperazine rings is 1. The fourth-order valence-electron chi connectivity index (χ4n) is 2.35. The first-order valence-corrected chi connectivity index (χ1v) is 6.03. The Kier molecular flexibility index (Phi) is 3.66. The Balaban J connectivity index is 2.25. The number of nitrogens with zero attached hydrogens (tertiary/aromatic N) is 1. The van der Waals surface area contributed by atoms with Gasteiger partial charge in [0.05, 0.1) is 12.1 Å². The second-order valence-corrected chi connectivity index (χ2v) is 4.72. The number of aliphatic hydroxyl groups is 1. The first kappa shape index (κ1) is 12.4. The fraction of sp³-hybridized carbons (Fsp3) is 0.538. The largest absolute Gasteiger partial charge is 0.508 e. The molecule has 0 amide bonds. The van der Waals surface area contributed by atoms with Crippen molar-refractivity contribution in [1.82, 2.24) is 10.2 Å². The van der Waals surface area contributed by atoms with Crippen LogP contribution in [0.5, 0.6) is 5.75 Å². The molecule has 0 bridgehead atoms. The molecule has 0 saturated carbocycles. The molecule has 1 atom stereocenters. The molecule has 1 aromatic rings. The molecule has 1 aliphatic heterocycles. The van der Waals surface area contributed by atoms with Gasteiger partial charge in [-0.05, 0) is 24.6 Å². The van der Waals surface area contributed by atoms with E-state index in [9.17, 15) is 10.2 Å². The van der Waals surface area contributed by atoms with E-state index in [1.807, 2.05) is 19.1 Å². The van der Waals surface area contributed by atoms with Crippen molar-refractivity contribution in [2.75, 3.05) is 32.8 Å². The Hall–Kier alpha value is -1.10. The predicted octanol–water partition coefficient (Wildman–Crippen LogP) is 0.505. The van der Waals surface area contributed by atoms with E-state index in [2.05, 4.69) is 10.2 Å². The second kappa shape index (κ2) is 5.04. The molecule has 0 aromatic heterocycles. The number of phenolic OH excluding ortho intramolecular Hbond substituents is 1. The van der Waals surface area contributed by atoms with Crippen LogP contribution in [0.4, 0.5) is 0 Å². The monoisotopic (exact) mass is 236 g/mol. The number of benzene rings is 1. The number of phenols is 1. The van der Waals surface area contributed by atoms with E-state index in [1.165, 1.54) is 0 Å². The summed E-state index contributed by atoms with van der Waals surface area (Å²) in [6.45, 7) is 5.89. The first-order chi connectivity index (χ1) is 8.16. The zero-order valence-corrected chi connectivity index (χ0v) is 10.2. The maximum Gasteiger partial charge on any atom is 0.115 e. The minimum Gasteiger partial charge on any atom is -0.508 e. The fourth-order valence-corrected chi connectivity index (χ4v) is 2.35. The SMILES string of the molecule is CC(CO)(c1ccc(O)cc1)N1CCNCC1. The zero-order valence-electron chi connectivity index (χ0n) is 10.2. The highest BCUT2D eigenvalue weighted by molar-refractivity contribution is 5.31. The molecule has 4 heteroatoms. The van der Waals surface area contributed by atoms with Crippen molar-refractivity contribution in [2.45, 2.75) is 12.5 Å². The van der Waals surface area contributed by atoms with Gasteiger partial charge in [0.15, 0.2) is 0 Å². The van der Waals surface area contributed by atoms with Crippen molar-refractivity contribution in [3.8, 4) is 5.75 Å². The number of rotatable bonds is 3. The summed E-state index contributed by atoms with van der Waals surface area (Å²) in [5.41, 5.74) is 0.676. The van der Waals surface area contributed by atoms with E-state index in [-0.39, 0.29) is 17.9 Å². The normalized spacial score (nSPS) is 21.1.